The Balaban J connectivity index is 1.67. The van der Waals surface area contributed by atoms with E-state index in [-0.39, 0.29) is 12.2 Å². The van der Waals surface area contributed by atoms with Gasteiger partial charge in [-0.25, -0.2) is 9.36 Å². The van der Waals surface area contributed by atoms with Crippen LogP contribution < -0.4 is 20.9 Å². The standard InChI is InChI=1S/C27H31N6O10P/c1-17(2)41-25(37)20(15-18-9-5-3-6-10-18)30-44(39,43-19-11-7-4-8-12-19)40-16-27(31-32-28)23(36)22(35)24(42-27)33-14-13-21(34)29-26(33)38/h3-14,17,20,22-24,35-36H,15-16H2,1-2H3,(H,30,39)(H,29,34,38)/t20-,22+,23-,24+,27+,44?/m0/s1. The summed E-state index contributed by atoms with van der Waals surface area (Å²) in [5.74, 6) is -0.693. The van der Waals surface area contributed by atoms with Crippen molar-refractivity contribution in [3.63, 3.8) is 0 Å². The number of H-pyrrole nitrogens is 1. The molecule has 44 heavy (non-hydrogen) atoms. The summed E-state index contributed by atoms with van der Waals surface area (Å²) in [4.78, 5) is 41.7. The van der Waals surface area contributed by atoms with Crippen molar-refractivity contribution in [2.75, 3.05) is 6.61 Å². The Morgan fingerprint density at radius 2 is 1.82 bits per heavy atom. The van der Waals surface area contributed by atoms with Gasteiger partial charge in [-0.3, -0.25) is 23.7 Å². The van der Waals surface area contributed by atoms with Gasteiger partial charge in [0.05, 0.1) is 12.7 Å². The zero-order valence-corrected chi connectivity index (χ0v) is 24.5. The van der Waals surface area contributed by atoms with Gasteiger partial charge in [0.2, 0.25) is 5.72 Å². The molecule has 4 rings (SSSR count). The number of hydrogen-bond acceptors (Lipinski definition) is 11. The Kier molecular flexibility index (Phi) is 10.4. The van der Waals surface area contributed by atoms with Gasteiger partial charge in [0, 0.05) is 17.2 Å². The first-order chi connectivity index (χ1) is 20.9. The van der Waals surface area contributed by atoms with Crippen LogP contribution in [0.4, 0.5) is 0 Å². The number of carbonyl (C=O) groups is 1. The number of azide groups is 1. The molecular weight excluding hydrogens is 599 g/mol. The normalized spacial score (nSPS) is 23.3. The highest BCUT2D eigenvalue weighted by Gasteiger charge is 2.56. The SMILES string of the molecule is CC(C)OC(=O)[C@H](Cc1ccccc1)NP(=O)(OC[C@@]1(N=[N+]=[N-])O[C@@H](n2ccc(=O)[nH]c2=O)[C@H](O)[C@@H]1O)Oc1ccccc1. The van der Waals surface area contributed by atoms with Crippen LogP contribution in [0.25, 0.3) is 10.4 Å². The molecule has 17 heteroatoms. The number of nitrogens with zero attached hydrogens (tertiary/aromatic N) is 4. The van der Waals surface area contributed by atoms with Crippen LogP contribution in [0.5, 0.6) is 5.75 Å². The maximum atomic E-state index is 14.3. The Labute approximate surface area is 250 Å². The van der Waals surface area contributed by atoms with E-state index in [1.54, 1.807) is 62.4 Å². The number of carbonyl (C=O) groups excluding carboxylic acids is 1. The Morgan fingerprint density at radius 1 is 1.16 bits per heavy atom. The summed E-state index contributed by atoms with van der Waals surface area (Å²) in [6, 6.07) is 16.3. The molecule has 0 bridgehead atoms. The first-order valence-corrected chi connectivity index (χ1v) is 14.9. The summed E-state index contributed by atoms with van der Waals surface area (Å²) in [6.07, 6.45) is -5.04. The second-order valence-electron chi connectivity index (χ2n) is 10.0. The van der Waals surface area contributed by atoms with Crippen molar-refractivity contribution in [1.82, 2.24) is 14.6 Å². The van der Waals surface area contributed by atoms with Crippen molar-refractivity contribution in [2.45, 2.75) is 56.6 Å². The van der Waals surface area contributed by atoms with Crippen LogP contribution in [0.15, 0.2) is 87.6 Å². The van der Waals surface area contributed by atoms with E-state index >= 15 is 0 Å². The number of benzene rings is 2. The quantitative estimate of drug-likeness (QED) is 0.0703. The molecule has 1 saturated heterocycles. The first kappa shape index (κ1) is 32.6. The third-order valence-electron chi connectivity index (χ3n) is 6.39. The molecule has 0 saturated carbocycles. The number of rotatable bonds is 13. The summed E-state index contributed by atoms with van der Waals surface area (Å²) in [6.45, 7) is 2.30. The highest BCUT2D eigenvalue weighted by molar-refractivity contribution is 7.52. The van der Waals surface area contributed by atoms with Gasteiger partial charge in [0.25, 0.3) is 5.56 Å². The van der Waals surface area contributed by atoms with Crippen molar-refractivity contribution < 1.29 is 38.1 Å². The third-order valence-corrected chi connectivity index (χ3v) is 7.93. The van der Waals surface area contributed by atoms with E-state index < -0.39 is 67.9 Å². The summed E-state index contributed by atoms with van der Waals surface area (Å²) >= 11 is 0. The highest BCUT2D eigenvalue weighted by Crippen LogP contribution is 2.48. The third kappa shape index (κ3) is 7.81. The van der Waals surface area contributed by atoms with Crippen LogP contribution in [0.2, 0.25) is 0 Å². The molecule has 0 amide bonds. The molecule has 1 aliphatic rings. The molecule has 3 aromatic rings. The lowest BCUT2D eigenvalue weighted by molar-refractivity contribution is -0.149. The van der Waals surface area contributed by atoms with Gasteiger partial charge < -0.3 is 24.2 Å². The molecule has 0 spiro atoms. The molecular formula is C27H31N6O10P. The lowest BCUT2D eigenvalue weighted by Gasteiger charge is -2.30. The molecule has 2 heterocycles. The van der Waals surface area contributed by atoms with Crippen LogP contribution in [0.1, 0.15) is 25.6 Å². The topological polar surface area (TPSA) is 227 Å². The van der Waals surface area contributed by atoms with E-state index in [9.17, 15) is 34.7 Å². The number of para-hydroxylation sites is 1. The molecule has 0 aliphatic carbocycles. The van der Waals surface area contributed by atoms with Gasteiger partial charge in [0.15, 0.2) is 6.23 Å². The minimum atomic E-state index is -4.63. The van der Waals surface area contributed by atoms with E-state index in [0.717, 1.165) is 16.8 Å². The first-order valence-electron chi connectivity index (χ1n) is 13.4. The molecule has 1 aliphatic heterocycles. The van der Waals surface area contributed by atoms with Crippen molar-refractivity contribution >= 4 is 13.7 Å². The number of ether oxygens (including phenoxy) is 2. The largest absolute Gasteiger partial charge is 0.462 e. The number of nitrogens with one attached hydrogen (secondary N) is 2. The molecule has 2 aromatic carbocycles. The minimum Gasteiger partial charge on any atom is -0.462 e. The van der Waals surface area contributed by atoms with Gasteiger partial charge in [-0.05, 0) is 43.5 Å². The van der Waals surface area contributed by atoms with E-state index in [0.29, 0.717) is 5.56 Å². The number of esters is 1. The number of aromatic amines is 1. The maximum absolute atomic E-state index is 14.3. The monoisotopic (exact) mass is 630 g/mol. The fraction of sp³-hybridized carbons (Fsp3) is 0.370. The fourth-order valence-electron chi connectivity index (χ4n) is 4.35. The minimum absolute atomic E-state index is 0.00836. The maximum Gasteiger partial charge on any atom is 0.459 e. The predicted molar refractivity (Wildman–Crippen MR) is 154 cm³/mol. The van der Waals surface area contributed by atoms with Crippen molar-refractivity contribution in [3.05, 3.63) is 110 Å². The van der Waals surface area contributed by atoms with E-state index in [1.165, 1.54) is 12.1 Å². The average Bonchev–Trinajstić information content (AvgIpc) is 3.22. The second-order valence-corrected chi connectivity index (χ2v) is 11.7. The summed E-state index contributed by atoms with van der Waals surface area (Å²) in [5.41, 5.74) is 5.84. The van der Waals surface area contributed by atoms with Crippen LogP contribution in [0.3, 0.4) is 0 Å². The lowest BCUT2D eigenvalue weighted by Crippen LogP contribution is -2.46. The van der Waals surface area contributed by atoms with Crippen LogP contribution in [-0.4, -0.2) is 62.4 Å². The summed E-state index contributed by atoms with van der Waals surface area (Å²) in [5, 5.41) is 27.8. The smallest absolute Gasteiger partial charge is 0.459 e. The summed E-state index contributed by atoms with van der Waals surface area (Å²) < 4.78 is 37.5. The van der Waals surface area contributed by atoms with Gasteiger partial charge in [-0.1, -0.05) is 53.6 Å². The molecule has 1 unspecified atom stereocenters. The fourth-order valence-corrected chi connectivity index (χ4v) is 5.86. The molecule has 4 N–H and O–H groups in total. The van der Waals surface area contributed by atoms with Crippen LogP contribution in [-0.2, 0) is 29.8 Å². The van der Waals surface area contributed by atoms with E-state index in [4.69, 9.17) is 18.5 Å². The molecule has 0 radical (unpaired) electrons. The van der Waals surface area contributed by atoms with Crippen molar-refractivity contribution in [3.8, 4) is 5.75 Å². The lowest BCUT2D eigenvalue weighted by atomic mass is 10.1. The Bertz CT molecular complexity index is 1650. The van der Waals surface area contributed by atoms with Crippen molar-refractivity contribution in [2.24, 2.45) is 5.11 Å². The van der Waals surface area contributed by atoms with Crippen LogP contribution >= 0.6 is 7.75 Å². The zero-order chi connectivity index (χ0) is 31.9. The Hall–Kier alpha value is -4.27. The summed E-state index contributed by atoms with van der Waals surface area (Å²) in [7, 11) is -4.63. The number of aliphatic hydroxyl groups is 2. The number of aromatic nitrogens is 2. The van der Waals surface area contributed by atoms with Gasteiger partial charge in [-0.15, -0.1) is 0 Å². The van der Waals surface area contributed by atoms with Gasteiger partial charge >= 0.3 is 19.4 Å². The molecule has 234 valence electrons. The molecule has 1 aromatic heterocycles. The second kappa shape index (κ2) is 14.0. The number of aliphatic hydroxyl groups excluding tert-OH is 2. The number of hydrogen-bond donors (Lipinski definition) is 4. The highest BCUT2D eigenvalue weighted by atomic mass is 31.2. The van der Waals surface area contributed by atoms with Crippen molar-refractivity contribution in [1.29, 1.82) is 0 Å². The molecule has 6 atom stereocenters. The van der Waals surface area contributed by atoms with E-state index in [2.05, 4.69) is 15.1 Å². The average molecular weight is 631 g/mol. The van der Waals surface area contributed by atoms with E-state index in [1.807, 2.05) is 4.98 Å². The molecule has 1 fully saturated rings. The van der Waals surface area contributed by atoms with Gasteiger partial charge in [-0.2, -0.15) is 5.09 Å². The zero-order valence-electron chi connectivity index (χ0n) is 23.6. The Morgan fingerprint density at radius 3 is 2.43 bits per heavy atom. The predicted octanol–water partition coefficient (Wildman–Crippen LogP) is 2.15. The molecule has 16 nitrogen and oxygen atoms in total. The van der Waals surface area contributed by atoms with Crippen LogP contribution in [0, 0.1) is 0 Å². The van der Waals surface area contributed by atoms with Gasteiger partial charge in [0.1, 0.15) is 24.0 Å².